The third-order valence-corrected chi connectivity index (χ3v) is 3.93. The number of aryl methyl sites for hydroxylation is 2. The molecule has 0 aliphatic heterocycles. The summed E-state index contributed by atoms with van der Waals surface area (Å²) < 4.78 is 1.98. The van der Waals surface area contributed by atoms with Crippen molar-refractivity contribution in [2.75, 3.05) is 19.7 Å². The topological polar surface area (TPSA) is 41.3 Å². The highest BCUT2D eigenvalue weighted by Gasteiger charge is 2.16. The van der Waals surface area contributed by atoms with Gasteiger partial charge in [0.05, 0.1) is 11.4 Å². The Labute approximate surface area is 146 Å². The van der Waals surface area contributed by atoms with Crippen molar-refractivity contribution in [3.05, 3.63) is 47.3 Å². The van der Waals surface area contributed by atoms with Gasteiger partial charge in [0.25, 0.3) is 0 Å². The van der Waals surface area contributed by atoms with Gasteiger partial charge in [-0.25, -0.2) is 4.68 Å². The Bertz CT molecular complexity index is 638. The first-order valence-electron chi connectivity index (χ1n) is 8.74. The Morgan fingerprint density at radius 3 is 2.29 bits per heavy atom. The Hall–Kier alpha value is -1.65. The molecule has 0 fully saturated rings. The number of hydrogen-bond donors (Lipinski definition) is 1. The van der Waals surface area contributed by atoms with E-state index in [9.17, 15) is 0 Å². The van der Waals surface area contributed by atoms with Gasteiger partial charge >= 0.3 is 0 Å². The molecular weight excluding hydrogens is 298 g/mol. The first kappa shape index (κ1) is 18.7. The van der Waals surface area contributed by atoms with Crippen LogP contribution in [0.15, 0.2) is 30.3 Å². The second kappa shape index (κ2) is 7.95. The van der Waals surface area contributed by atoms with Gasteiger partial charge in [0, 0.05) is 31.9 Å². The van der Waals surface area contributed by atoms with E-state index in [1.807, 2.05) is 11.6 Å². The van der Waals surface area contributed by atoms with E-state index in [0.29, 0.717) is 0 Å². The van der Waals surface area contributed by atoms with Crippen LogP contribution in [0.2, 0.25) is 0 Å². The molecule has 2 aromatic rings. The van der Waals surface area contributed by atoms with Crippen molar-refractivity contribution in [1.29, 1.82) is 0 Å². The van der Waals surface area contributed by atoms with Crippen molar-refractivity contribution in [1.82, 2.24) is 14.7 Å². The van der Waals surface area contributed by atoms with Crippen LogP contribution < -0.4 is 0 Å². The predicted molar refractivity (Wildman–Crippen MR) is 99.5 cm³/mol. The van der Waals surface area contributed by atoms with E-state index < -0.39 is 0 Å². The summed E-state index contributed by atoms with van der Waals surface area (Å²) in [5.41, 5.74) is 4.83. The summed E-state index contributed by atoms with van der Waals surface area (Å²) in [6.07, 6.45) is 0.819. The SMILES string of the molecule is Cc1cc(C)n(-c2ccc(CN(CCCO)CC(C)(C)C)cc2)n1. The fourth-order valence-electron chi connectivity index (χ4n) is 3.07. The maximum atomic E-state index is 9.13. The van der Waals surface area contributed by atoms with Crippen molar-refractivity contribution in [3.8, 4) is 5.69 Å². The lowest BCUT2D eigenvalue weighted by Crippen LogP contribution is -2.33. The number of aromatic nitrogens is 2. The molecule has 2 rings (SSSR count). The fraction of sp³-hybridized carbons (Fsp3) is 0.550. The molecule has 1 aromatic carbocycles. The zero-order valence-electron chi connectivity index (χ0n) is 15.7. The maximum absolute atomic E-state index is 9.13. The summed E-state index contributed by atoms with van der Waals surface area (Å²) in [6.45, 7) is 14.0. The maximum Gasteiger partial charge on any atom is 0.0648 e. The molecule has 132 valence electrons. The van der Waals surface area contributed by atoms with Crippen LogP contribution in [0.25, 0.3) is 5.69 Å². The monoisotopic (exact) mass is 329 g/mol. The van der Waals surface area contributed by atoms with E-state index in [1.54, 1.807) is 0 Å². The summed E-state index contributed by atoms with van der Waals surface area (Å²) in [6, 6.07) is 10.7. The van der Waals surface area contributed by atoms with Gasteiger partial charge in [-0.05, 0) is 49.4 Å². The van der Waals surface area contributed by atoms with Gasteiger partial charge in [-0.3, -0.25) is 4.90 Å². The number of rotatable bonds is 7. The normalized spacial score (nSPS) is 12.1. The minimum absolute atomic E-state index is 0.248. The van der Waals surface area contributed by atoms with Crippen molar-refractivity contribution in [3.63, 3.8) is 0 Å². The van der Waals surface area contributed by atoms with Crippen LogP contribution >= 0.6 is 0 Å². The molecule has 4 nitrogen and oxygen atoms in total. The van der Waals surface area contributed by atoms with E-state index in [-0.39, 0.29) is 12.0 Å². The standard InChI is InChI=1S/C20H31N3O/c1-16-13-17(2)23(21-16)19-9-7-18(8-10-19)14-22(11-6-12-24)15-20(3,4)5/h7-10,13,24H,6,11-12,14-15H2,1-5H3. The lowest BCUT2D eigenvalue weighted by Gasteiger charge is -2.30. The minimum atomic E-state index is 0.248. The molecule has 0 bridgehead atoms. The quantitative estimate of drug-likeness (QED) is 0.842. The largest absolute Gasteiger partial charge is 0.396 e. The second-order valence-electron chi connectivity index (χ2n) is 7.85. The molecule has 4 heteroatoms. The highest BCUT2D eigenvalue weighted by molar-refractivity contribution is 5.36. The van der Waals surface area contributed by atoms with E-state index >= 15 is 0 Å². The van der Waals surface area contributed by atoms with Crippen molar-refractivity contribution in [2.24, 2.45) is 5.41 Å². The lowest BCUT2D eigenvalue weighted by atomic mass is 9.95. The average Bonchev–Trinajstić information content (AvgIpc) is 2.83. The van der Waals surface area contributed by atoms with E-state index in [0.717, 1.165) is 43.1 Å². The van der Waals surface area contributed by atoms with Gasteiger partial charge < -0.3 is 5.11 Å². The van der Waals surface area contributed by atoms with Crippen LogP contribution in [0, 0.1) is 19.3 Å². The molecule has 0 saturated carbocycles. The van der Waals surface area contributed by atoms with E-state index in [4.69, 9.17) is 5.11 Å². The molecule has 0 aliphatic carbocycles. The summed E-state index contributed by atoms with van der Waals surface area (Å²) in [5.74, 6) is 0. The third kappa shape index (κ3) is 5.46. The van der Waals surface area contributed by atoms with Gasteiger partial charge in [0.1, 0.15) is 0 Å². The Morgan fingerprint density at radius 1 is 1.12 bits per heavy atom. The van der Waals surface area contributed by atoms with Crippen LogP contribution in [0.4, 0.5) is 0 Å². The third-order valence-electron chi connectivity index (χ3n) is 3.93. The predicted octanol–water partition coefficient (Wildman–Crippen LogP) is 3.72. The number of nitrogens with zero attached hydrogens (tertiary/aromatic N) is 3. The lowest BCUT2D eigenvalue weighted by molar-refractivity contribution is 0.166. The van der Waals surface area contributed by atoms with Gasteiger partial charge in [-0.15, -0.1) is 0 Å². The first-order valence-corrected chi connectivity index (χ1v) is 8.74. The summed E-state index contributed by atoms with van der Waals surface area (Å²) >= 11 is 0. The molecule has 1 heterocycles. The Balaban J connectivity index is 2.09. The molecule has 0 unspecified atom stereocenters. The molecule has 1 N–H and O–H groups in total. The number of benzene rings is 1. The first-order chi connectivity index (χ1) is 11.3. The smallest absolute Gasteiger partial charge is 0.0648 e. The minimum Gasteiger partial charge on any atom is -0.396 e. The average molecular weight is 329 g/mol. The molecule has 0 amide bonds. The van der Waals surface area contributed by atoms with E-state index in [1.165, 1.54) is 5.56 Å². The molecule has 1 aromatic heterocycles. The number of aliphatic hydroxyl groups excluding tert-OH is 1. The molecule has 0 aliphatic rings. The van der Waals surface area contributed by atoms with Gasteiger partial charge in [0.2, 0.25) is 0 Å². The second-order valence-corrected chi connectivity index (χ2v) is 7.85. The van der Waals surface area contributed by atoms with Gasteiger partial charge in [-0.2, -0.15) is 5.10 Å². The van der Waals surface area contributed by atoms with Crippen LogP contribution in [-0.4, -0.2) is 39.5 Å². The molecule has 0 spiro atoms. The highest BCUT2D eigenvalue weighted by atomic mass is 16.3. The highest BCUT2D eigenvalue weighted by Crippen LogP contribution is 2.19. The van der Waals surface area contributed by atoms with Crippen LogP contribution in [-0.2, 0) is 6.54 Å². The molecular formula is C20H31N3O. The molecule has 0 saturated heterocycles. The van der Waals surface area contributed by atoms with Crippen LogP contribution in [0.5, 0.6) is 0 Å². The number of hydrogen-bond acceptors (Lipinski definition) is 3. The van der Waals surface area contributed by atoms with Crippen LogP contribution in [0.3, 0.4) is 0 Å². The van der Waals surface area contributed by atoms with Crippen LogP contribution in [0.1, 0.15) is 44.1 Å². The Kier molecular flexibility index (Phi) is 6.19. The molecule has 24 heavy (non-hydrogen) atoms. The fourth-order valence-corrected chi connectivity index (χ4v) is 3.07. The zero-order chi connectivity index (χ0) is 17.7. The summed E-state index contributed by atoms with van der Waals surface area (Å²) in [5, 5.41) is 13.7. The molecule has 0 radical (unpaired) electrons. The van der Waals surface area contributed by atoms with Crippen molar-refractivity contribution >= 4 is 0 Å². The Morgan fingerprint density at radius 2 is 1.79 bits per heavy atom. The number of aliphatic hydroxyl groups is 1. The molecule has 0 atom stereocenters. The van der Waals surface area contributed by atoms with Crippen molar-refractivity contribution in [2.45, 2.75) is 47.6 Å². The summed E-state index contributed by atoms with van der Waals surface area (Å²) in [4.78, 5) is 2.43. The summed E-state index contributed by atoms with van der Waals surface area (Å²) in [7, 11) is 0. The van der Waals surface area contributed by atoms with E-state index in [2.05, 4.69) is 68.0 Å². The van der Waals surface area contributed by atoms with Crippen molar-refractivity contribution < 1.29 is 5.11 Å². The van der Waals surface area contributed by atoms with Gasteiger partial charge in [-0.1, -0.05) is 32.9 Å². The zero-order valence-corrected chi connectivity index (χ0v) is 15.7. The van der Waals surface area contributed by atoms with Gasteiger partial charge in [0.15, 0.2) is 0 Å².